The highest BCUT2D eigenvalue weighted by Crippen LogP contribution is 2.34. The van der Waals surface area contributed by atoms with Gasteiger partial charge in [0.25, 0.3) is 0 Å². The molecule has 5 heteroatoms. The predicted molar refractivity (Wildman–Crippen MR) is 86.4 cm³/mol. The Kier molecular flexibility index (Phi) is 5.42. The van der Waals surface area contributed by atoms with Crippen LogP contribution in [0.2, 0.25) is 0 Å². The number of rotatable bonds is 6. The van der Waals surface area contributed by atoms with Gasteiger partial charge in [-0.15, -0.1) is 0 Å². The Morgan fingerprint density at radius 1 is 1.36 bits per heavy atom. The standard InChI is InChI=1S/C17H24O4S/c1-5-20-17-16(15(10-21-17)12(2)3)11-22(18,19)14-8-6-13(4)7-9-14/h6-9,15-17H,2,5,10-11H2,1,3-4H3/t15-,16-,17+/m1/s1. The Labute approximate surface area is 133 Å². The Balaban J connectivity index is 2.24. The summed E-state index contributed by atoms with van der Waals surface area (Å²) in [6.07, 6.45) is -0.480. The molecule has 0 radical (unpaired) electrons. The normalized spacial score (nSPS) is 25.3. The van der Waals surface area contributed by atoms with E-state index < -0.39 is 16.1 Å². The van der Waals surface area contributed by atoms with Crippen molar-refractivity contribution in [3.05, 3.63) is 42.0 Å². The largest absolute Gasteiger partial charge is 0.353 e. The molecule has 122 valence electrons. The van der Waals surface area contributed by atoms with Crippen LogP contribution in [0.5, 0.6) is 0 Å². The molecule has 4 nitrogen and oxygen atoms in total. The summed E-state index contributed by atoms with van der Waals surface area (Å²) in [6, 6.07) is 6.94. The molecule has 1 heterocycles. The van der Waals surface area contributed by atoms with Crippen LogP contribution in [0.15, 0.2) is 41.3 Å². The zero-order valence-electron chi connectivity index (χ0n) is 13.4. The van der Waals surface area contributed by atoms with E-state index in [0.717, 1.165) is 11.1 Å². The Morgan fingerprint density at radius 2 is 2.00 bits per heavy atom. The quantitative estimate of drug-likeness (QED) is 0.755. The summed E-state index contributed by atoms with van der Waals surface area (Å²) in [5, 5.41) is 0. The first kappa shape index (κ1) is 17.2. The third kappa shape index (κ3) is 3.77. The maximum Gasteiger partial charge on any atom is 0.178 e. The lowest BCUT2D eigenvalue weighted by Crippen LogP contribution is -2.31. The van der Waals surface area contributed by atoms with E-state index in [1.807, 2.05) is 32.9 Å². The van der Waals surface area contributed by atoms with Gasteiger partial charge in [-0.25, -0.2) is 8.42 Å². The fourth-order valence-electron chi connectivity index (χ4n) is 2.77. The van der Waals surface area contributed by atoms with E-state index in [1.165, 1.54) is 0 Å². The number of aryl methyl sites for hydroxylation is 1. The molecule has 3 atom stereocenters. The van der Waals surface area contributed by atoms with Crippen molar-refractivity contribution in [3.8, 4) is 0 Å². The molecule has 0 unspecified atom stereocenters. The molecule has 2 rings (SSSR count). The third-order valence-electron chi connectivity index (χ3n) is 4.06. The van der Waals surface area contributed by atoms with Crippen LogP contribution in [0.1, 0.15) is 19.4 Å². The minimum Gasteiger partial charge on any atom is -0.353 e. The average Bonchev–Trinajstić information content (AvgIpc) is 2.82. The van der Waals surface area contributed by atoms with Crippen LogP contribution < -0.4 is 0 Å². The maximum absolute atomic E-state index is 12.7. The van der Waals surface area contributed by atoms with Gasteiger partial charge in [-0.1, -0.05) is 29.8 Å². The van der Waals surface area contributed by atoms with E-state index in [-0.39, 0.29) is 17.6 Å². The van der Waals surface area contributed by atoms with Crippen molar-refractivity contribution in [2.24, 2.45) is 11.8 Å². The topological polar surface area (TPSA) is 52.6 Å². The highest BCUT2D eigenvalue weighted by Gasteiger charge is 2.41. The van der Waals surface area contributed by atoms with Crippen LogP contribution in [0.4, 0.5) is 0 Å². The summed E-state index contributed by atoms with van der Waals surface area (Å²) in [6.45, 7) is 10.6. The van der Waals surface area contributed by atoms with Crippen LogP contribution in [0, 0.1) is 18.8 Å². The van der Waals surface area contributed by atoms with E-state index in [4.69, 9.17) is 9.47 Å². The van der Waals surface area contributed by atoms with Crippen LogP contribution in [-0.4, -0.2) is 33.7 Å². The molecule has 1 aromatic rings. The molecule has 0 spiro atoms. The van der Waals surface area contributed by atoms with Crippen LogP contribution in [0.25, 0.3) is 0 Å². The van der Waals surface area contributed by atoms with Crippen molar-refractivity contribution >= 4 is 9.84 Å². The van der Waals surface area contributed by atoms with Crippen molar-refractivity contribution in [3.63, 3.8) is 0 Å². The molecule has 0 amide bonds. The van der Waals surface area contributed by atoms with Crippen LogP contribution in [-0.2, 0) is 19.3 Å². The highest BCUT2D eigenvalue weighted by molar-refractivity contribution is 7.91. The molecular formula is C17H24O4S. The van der Waals surface area contributed by atoms with Crippen LogP contribution >= 0.6 is 0 Å². The van der Waals surface area contributed by atoms with Gasteiger partial charge in [-0.3, -0.25) is 0 Å². The molecule has 0 saturated carbocycles. The lowest BCUT2D eigenvalue weighted by Gasteiger charge is -2.22. The summed E-state index contributed by atoms with van der Waals surface area (Å²) in [7, 11) is -3.38. The number of hydrogen-bond donors (Lipinski definition) is 0. The predicted octanol–water partition coefficient (Wildman–Crippen LogP) is 2.97. The van der Waals surface area contributed by atoms with Gasteiger partial charge in [0.2, 0.25) is 0 Å². The second-order valence-electron chi connectivity index (χ2n) is 5.87. The molecule has 1 aliphatic rings. The van der Waals surface area contributed by atoms with E-state index in [2.05, 4.69) is 6.58 Å². The van der Waals surface area contributed by atoms with Crippen molar-refractivity contribution in [1.29, 1.82) is 0 Å². The fraction of sp³-hybridized carbons (Fsp3) is 0.529. The molecule has 0 bridgehead atoms. The van der Waals surface area contributed by atoms with Gasteiger partial charge in [-0.05, 0) is 32.9 Å². The minimum absolute atomic E-state index is 0.0109. The van der Waals surface area contributed by atoms with Crippen molar-refractivity contribution in [1.82, 2.24) is 0 Å². The van der Waals surface area contributed by atoms with Gasteiger partial charge >= 0.3 is 0 Å². The third-order valence-corrected chi connectivity index (χ3v) is 5.88. The van der Waals surface area contributed by atoms with E-state index >= 15 is 0 Å². The smallest absolute Gasteiger partial charge is 0.178 e. The van der Waals surface area contributed by atoms with E-state index in [9.17, 15) is 8.42 Å². The van der Waals surface area contributed by atoms with Gasteiger partial charge in [0.1, 0.15) is 0 Å². The van der Waals surface area contributed by atoms with Crippen molar-refractivity contribution in [2.75, 3.05) is 19.0 Å². The lowest BCUT2D eigenvalue weighted by molar-refractivity contribution is -0.123. The molecular weight excluding hydrogens is 300 g/mol. The molecule has 1 aromatic carbocycles. The molecule has 0 N–H and O–H groups in total. The van der Waals surface area contributed by atoms with E-state index in [0.29, 0.717) is 18.1 Å². The summed E-state index contributed by atoms with van der Waals surface area (Å²) < 4.78 is 36.6. The first-order chi connectivity index (χ1) is 10.3. The van der Waals surface area contributed by atoms with Gasteiger partial charge in [0.05, 0.1) is 17.3 Å². The minimum atomic E-state index is -3.38. The molecule has 1 saturated heterocycles. The zero-order valence-corrected chi connectivity index (χ0v) is 14.2. The number of ether oxygens (including phenoxy) is 2. The summed E-state index contributed by atoms with van der Waals surface area (Å²) in [5.74, 6) is -0.196. The molecule has 22 heavy (non-hydrogen) atoms. The fourth-order valence-corrected chi connectivity index (χ4v) is 4.41. The highest BCUT2D eigenvalue weighted by atomic mass is 32.2. The summed E-state index contributed by atoms with van der Waals surface area (Å²) in [4.78, 5) is 0.348. The SMILES string of the molecule is C=C(C)[C@H]1CO[C@H](OCC)[C@@H]1CS(=O)(=O)c1ccc(C)cc1. The van der Waals surface area contributed by atoms with Gasteiger partial charge in [0.15, 0.2) is 16.1 Å². The molecule has 1 aliphatic heterocycles. The Morgan fingerprint density at radius 3 is 2.55 bits per heavy atom. The first-order valence-corrected chi connectivity index (χ1v) is 9.18. The number of hydrogen-bond acceptors (Lipinski definition) is 4. The number of sulfone groups is 1. The monoisotopic (exact) mass is 324 g/mol. The second-order valence-corrected chi connectivity index (χ2v) is 7.90. The first-order valence-electron chi connectivity index (χ1n) is 7.53. The van der Waals surface area contributed by atoms with Gasteiger partial charge < -0.3 is 9.47 Å². The Hall–Kier alpha value is -1.17. The number of benzene rings is 1. The lowest BCUT2D eigenvalue weighted by atomic mass is 9.91. The molecule has 0 aromatic heterocycles. The van der Waals surface area contributed by atoms with Crippen molar-refractivity contribution < 1.29 is 17.9 Å². The zero-order chi connectivity index (χ0) is 16.3. The maximum atomic E-state index is 12.7. The van der Waals surface area contributed by atoms with E-state index in [1.54, 1.807) is 12.1 Å². The van der Waals surface area contributed by atoms with Crippen LogP contribution in [0.3, 0.4) is 0 Å². The van der Waals surface area contributed by atoms with Gasteiger partial charge in [0, 0.05) is 18.4 Å². The molecule has 1 fully saturated rings. The second kappa shape index (κ2) is 6.94. The summed E-state index contributed by atoms with van der Waals surface area (Å²) >= 11 is 0. The summed E-state index contributed by atoms with van der Waals surface area (Å²) in [5.41, 5.74) is 1.97. The van der Waals surface area contributed by atoms with Gasteiger partial charge in [-0.2, -0.15) is 0 Å². The average molecular weight is 324 g/mol. The molecule has 0 aliphatic carbocycles. The van der Waals surface area contributed by atoms with Crippen molar-refractivity contribution in [2.45, 2.75) is 32.0 Å². The Bertz CT molecular complexity index is 619.